The van der Waals surface area contributed by atoms with Crippen molar-refractivity contribution in [3.8, 4) is 0 Å². The molecule has 0 aromatic carbocycles. The number of nitrogens with zero attached hydrogens (tertiary/aromatic N) is 4. The van der Waals surface area contributed by atoms with Gasteiger partial charge in [0.2, 0.25) is 5.91 Å². The zero-order chi connectivity index (χ0) is 19.7. The molecule has 2 aliphatic heterocycles. The summed E-state index contributed by atoms with van der Waals surface area (Å²) in [5.74, 6) is 0.894. The predicted octanol–water partition coefficient (Wildman–Crippen LogP) is 2.46. The Kier molecular flexibility index (Phi) is 5.23. The molecule has 0 spiro atoms. The monoisotopic (exact) mass is 402 g/mol. The first kappa shape index (κ1) is 19.1. The number of hydrogen-bond donors (Lipinski definition) is 0. The van der Waals surface area contributed by atoms with Crippen LogP contribution in [0.15, 0.2) is 23.3 Å². The van der Waals surface area contributed by atoms with E-state index in [4.69, 9.17) is 4.74 Å². The average Bonchev–Trinajstić information content (AvgIpc) is 3.48. The van der Waals surface area contributed by atoms with Crippen molar-refractivity contribution in [3.63, 3.8) is 0 Å². The maximum Gasteiger partial charge on any atom is 0.314 e. The molecule has 7 nitrogen and oxygen atoms in total. The molecule has 28 heavy (non-hydrogen) atoms. The van der Waals surface area contributed by atoms with Crippen LogP contribution in [0.25, 0.3) is 0 Å². The smallest absolute Gasteiger partial charge is 0.314 e. The number of fused-ring (bicyclic) bond motifs is 2. The molecular weight excluding hydrogens is 376 g/mol. The summed E-state index contributed by atoms with van der Waals surface area (Å²) in [7, 11) is 1.44. The Balaban J connectivity index is 1.52. The molecule has 0 radical (unpaired) electrons. The third-order valence-corrected chi connectivity index (χ3v) is 6.92. The number of rotatable bonds is 7. The van der Waals surface area contributed by atoms with Gasteiger partial charge in [-0.25, -0.2) is 9.97 Å². The SMILES string of the molecule is CCc1nccn1CCC(=O)N1[C@@H]2CC[C@H]1[C@@](Cc1cscn1)(C(=O)OC)C2. The van der Waals surface area contributed by atoms with Crippen LogP contribution in [0, 0.1) is 5.41 Å². The third kappa shape index (κ3) is 3.13. The molecule has 1 amide bonds. The van der Waals surface area contributed by atoms with E-state index in [0.29, 0.717) is 25.8 Å². The van der Waals surface area contributed by atoms with Crippen LogP contribution in [0.3, 0.4) is 0 Å². The Labute approximate surface area is 168 Å². The maximum atomic E-state index is 13.1. The van der Waals surface area contributed by atoms with Crippen molar-refractivity contribution in [2.45, 2.75) is 64.1 Å². The zero-order valence-corrected chi connectivity index (χ0v) is 17.2. The van der Waals surface area contributed by atoms with Crippen molar-refractivity contribution >= 4 is 23.2 Å². The molecule has 150 valence electrons. The number of carbonyl (C=O) groups is 2. The number of imidazole rings is 1. The van der Waals surface area contributed by atoms with Gasteiger partial charge in [-0.15, -0.1) is 11.3 Å². The summed E-state index contributed by atoms with van der Waals surface area (Å²) in [6.07, 6.45) is 7.97. The van der Waals surface area contributed by atoms with Gasteiger partial charge in [-0.1, -0.05) is 6.92 Å². The molecule has 2 aromatic rings. The third-order valence-electron chi connectivity index (χ3n) is 6.28. The number of amides is 1. The summed E-state index contributed by atoms with van der Waals surface area (Å²) in [4.78, 5) is 36.7. The molecule has 2 aliphatic rings. The minimum atomic E-state index is -0.676. The van der Waals surface area contributed by atoms with Gasteiger partial charge in [-0.3, -0.25) is 9.59 Å². The highest BCUT2D eigenvalue weighted by molar-refractivity contribution is 7.07. The fourth-order valence-corrected chi connectivity index (χ4v) is 5.65. The number of carbonyl (C=O) groups excluding carboxylic acids is 2. The molecule has 0 N–H and O–H groups in total. The second kappa shape index (κ2) is 7.66. The minimum Gasteiger partial charge on any atom is -0.469 e. The first-order chi connectivity index (χ1) is 13.6. The summed E-state index contributed by atoms with van der Waals surface area (Å²) in [6.45, 7) is 2.68. The minimum absolute atomic E-state index is 0.104. The fourth-order valence-electron chi connectivity index (χ4n) is 5.10. The van der Waals surface area contributed by atoms with Crippen LogP contribution >= 0.6 is 11.3 Å². The van der Waals surface area contributed by atoms with E-state index >= 15 is 0 Å². The molecule has 2 saturated heterocycles. The van der Waals surface area contributed by atoms with Crippen molar-refractivity contribution in [1.29, 1.82) is 0 Å². The fraction of sp³-hybridized carbons (Fsp3) is 0.600. The number of thiazole rings is 1. The van der Waals surface area contributed by atoms with Crippen LogP contribution in [0.2, 0.25) is 0 Å². The Bertz CT molecular complexity index is 850. The zero-order valence-electron chi connectivity index (χ0n) is 16.3. The van der Waals surface area contributed by atoms with Gasteiger partial charge in [-0.05, 0) is 19.3 Å². The lowest BCUT2D eigenvalue weighted by Gasteiger charge is -2.34. The molecule has 3 atom stereocenters. The van der Waals surface area contributed by atoms with Gasteiger partial charge in [0.05, 0.1) is 23.7 Å². The first-order valence-corrected chi connectivity index (χ1v) is 10.8. The summed E-state index contributed by atoms with van der Waals surface area (Å²) < 4.78 is 7.24. The van der Waals surface area contributed by atoms with Crippen LogP contribution in [0.1, 0.15) is 44.1 Å². The molecule has 4 heterocycles. The lowest BCUT2D eigenvalue weighted by Crippen LogP contribution is -2.47. The number of hydrogen-bond acceptors (Lipinski definition) is 6. The van der Waals surface area contributed by atoms with Gasteiger partial charge in [0.25, 0.3) is 0 Å². The highest BCUT2D eigenvalue weighted by atomic mass is 32.1. The van der Waals surface area contributed by atoms with Crippen LogP contribution in [0.5, 0.6) is 0 Å². The Morgan fingerprint density at radius 3 is 2.93 bits per heavy atom. The Hall–Kier alpha value is -2.22. The van der Waals surface area contributed by atoms with E-state index in [1.54, 1.807) is 11.7 Å². The molecule has 0 aliphatic carbocycles. The van der Waals surface area contributed by atoms with Crippen molar-refractivity contribution in [3.05, 3.63) is 34.8 Å². The molecule has 4 rings (SSSR count). The van der Waals surface area contributed by atoms with E-state index in [-0.39, 0.29) is 24.0 Å². The molecular formula is C20H26N4O3S. The Morgan fingerprint density at radius 1 is 1.36 bits per heavy atom. The largest absolute Gasteiger partial charge is 0.469 e. The molecule has 0 saturated carbocycles. The normalized spacial score (nSPS) is 26.0. The van der Waals surface area contributed by atoms with Gasteiger partial charge in [0.15, 0.2) is 0 Å². The van der Waals surface area contributed by atoms with Crippen molar-refractivity contribution in [2.24, 2.45) is 5.41 Å². The van der Waals surface area contributed by atoms with E-state index < -0.39 is 5.41 Å². The van der Waals surface area contributed by atoms with Gasteiger partial charge in [-0.2, -0.15) is 0 Å². The van der Waals surface area contributed by atoms with Crippen LogP contribution in [0.4, 0.5) is 0 Å². The number of aryl methyl sites for hydroxylation is 2. The second-order valence-corrected chi connectivity index (χ2v) is 8.42. The van der Waals surface area contributed by atoms with E-state index in [1.165, 1.54) is 18.4 Å². The van der Waals surface area contributed by atoms with Gasteiger partial charge < -0.3 is 14.2 Å². The highest BCUT2D eigenvalue weighted by Crippen LogP contribution is 2.52. The van der Waals surface area contributed by atoms with Crippen molar-refractivity contribution in [1.82, 2.24) is 19.4 Å². The quantitative estimate of drug-likeness (QED) is 0.665. The molecule has 0 unspecified atom stereocenters. The second-order valence-electron chi connectivity index (χ2n) is 7.70. The molecule has 2 fully saturated rings. The average molecular weight is 403 g/mol. The summed E-state index contributed by atoms with van der Waals surface area (Å²) in [5.41, 5.74) is 2.01. The topological polar surface area (TPSA) is 77.3 Å². The van der Waals surface area contributed by atoms with E-state index in [0.717, 1.165) is 30.8 Å². The number of esters is 1. The van der Waals surface area contributed by atoms with Crippen LogP contribution in [-0.2, 0) is 33.7 Å². The number of aromatic nitrogens is 3. The van der Waals surface area contributed by atoms with Crippen molar-refractivity contribution in [2.75, 3.05) is 7.11 Å². The molecule has 2 aromatic heterocycles. The molecule has 2 bridgehead atoms. The predicted molar refractivity (Wildman–Crippen MR) is 105 cm³/mol. The van der Waals surface area contributed by atoms with Crippen LogP contribution < -0.4 is 0 Å². The number of ether oxygens (including phenoxy) is 1. The summed E-state index contributed by atoms with van der Waals surface area (Å²) in [6, 6.07) is 0.0104. The van der Waals surface area contributed by atoms with E-state index in [1.807, 2.05) is 21.0 Å². The van der Waals surface area contributed by atoms with E-state index in [9.17, 15) is 9.59 Å². The number of methoxy groups -OCH3 is 1. The van der Waals surface area contributed by atoms with Gasteiger partial charge >= 0.3 is 5.97 Å². The van der Waals surface area contributed by atoms with Crippen molar-refractivity contribution < 1.29 is 14.3 Å². The summed E-state index contributed by atoms with van der Waals surface area (Å²) in [5, 5.41) is 1.98. The Morgan fingerprint density at radius 2 is 2.21 bits per heavy atom. The van der Waals surface area contributed by atoms with Gasteiger partial charge in [0, 0.05) is 55.7 Å². The first-order valence-electron chi connectivity index (χ1n) is 9.85. The highest BCUT2D eigenvalue weighted by Gasteiger charge is 2.61. The lowest BCUT2D eigenvalue weighted by atomic mass is 9.71. The standard InChI is InChI=1S/C20H26N4O3S/c1-3-17-21-7-9-23(17)8-6-18(25)24-15-4-5-16(24)20(11-15,19(26)27-2)10-14-12-28-13-22-14/h7,9,12-13,15-16H,3-6,8,10-11H2,1-2H3/t15-,16+,20+/m1/s1. The van der Waals surface area contributed by atoms with Gasteiger partial charge in [0.1, 0.15) is 5.82 Å². The maximum absolute atomic E-state index is 13.1. The van der Waals surface area contributed by atoms with E-state index in [2.05, 4.69) is 16.9 Å². The molecule has 8 heteroatoms. The van der Waals surface area contributed by atoms with Crippen LogP contribution in [-0.4, -0.2) is 50.5 Å². The summed E-state index contributed by atoms with van der Waals surface area (Å²) >= 11 is 1.53. The lowest BCUT2D eigenvalue weighted by molar-refractivity contribution is -0.155.